The standard InChI is InChI=1S/C11H17NS2/c1-8-5-6-12-10(7-13-8)11-4-3-9(2)14-11/h3-4,8,10,12H,5-7H2,1-2H3. The van der Waals surface area contributed by atoms with E-state index in [1.165, 1.54) is 21.9 Å². The molecule has 1 aromatic rings. The lowest BCUT2D eigenvalue weighted by Gasteiger charge is -2.12. The zero-order valence-corrected chi connectivity index (χ0v) is 10.4. The summed E-state index contributed by atoms with van der Waals surface area (Å²) in [7, 11) is 0. The van der Waals surface area contributed by atoms with Crippen LogP contribution in [-0.4, -0.2) is 17.5 Å². The third-order valence-electron chi connectivity index (χ3n) is 2.59. The summed E-state index contributed by atoms with van der Waals surface area (Å²) in [5.74, 6) is 1.22. The third-order valence-corrected chi connectivity index (χ3v) is 5.04. The Bertz CT molecular complexity index is 295. The normalized spacial score (nSPS) is 28.7. The number of rotatable bonds is 1. The van der Waals surface area contributed by atoms with E-state index in [0.717, 1.165) is 11.8 Å². The molecule has 2 atom stereocenters. The molecule has 1 aromatic heterocycles. The lowest BCUT2D eigenvalue weighted by atomic mass is 10.2. The minimum absolute atomic E-state index is 0.587. The molecule has 0 amide bonds. The highest BCUT2D eigenvalue weighted by Gasteiger charge is 2.18. The van der Waals surface area contributed by atoms with Crippen LogP contribution in [0.25, 0.3) is 0 Å². The molecule has 0 radical (unpaired) electrons. The van der Waals surface area contributed by atoms with E-state index in [1.54, 1.807) is 0 Å². The molecule has 0 saturated carbocycles. The van der Waals surface area contributed by atoms with Gasteiger partial charge in [0, 0.05) is 20.8 Å². The van der Waals surface area contributed by atoms with Crippen molar-refractivity contribution in [3.63, 3.8) is 0 Å². The molecule has 0 aromatic carbocycles. The van der Waals surface area contributed by atoms with Crippen LogP contribution in [0.1, 0.15) is 29.1 Å². The van der Waals surface area contributed by atoms with Crippen molar-refractivity contribution in [3.05, 3.63) is 21.9 Å². The van der Waals surface area contributed by atoms with Crippen LogP contribution in [-0.2, 0) is 0 Å². The second-order valence-electron chi connectivity index (χ2n) is 3.89. The van der Waals surface area contributed by atoms with E-state index in [2.05, 4.69) is 43.1 Å². The van der Waals surface area contributed by atoms with Crippen molar-refractivity contribution in [1.82, 2.24) is 5.32 Å². The fourth-order valence-corrected chi connectivity index (χ4v) is 3.85. The summed E-state index contributed by atoms with van der Waals surface area (Å²) in [5.41, 5.74) is 0. The van der Waals surface area contributed by atoms with Crippen molar-refractivity contribution in [3.8, 4) is 0 Å². The van der Waals surface area contributed by atoms with E-state index in [4.69, 9.17) is 0 Å². The first-order valence-electron chi connectivity index (χ1n) is 5.17. The number of hydrogen-bond donors (Lipinski definition) is 1. The van der Waals surface area contributed by atoms with Crippen molar-refractivity contribution in [2.75, 3.05) is 12.3 Å². The average molecular weight is 227 g/mol. The van der Waals surface area contributed by atoms with Crippen molar-refractivity contribution >= 4 is 23.1 Å². The Kier molecular flexibility index (Phi) is 3.52. The molecule has 1 aliphatic heterocycles. The van der Waals surface area contributed by atoms with Gasteiger partial charge < -0.3 is 5.32 Å². The predicted octanol–water partition coefficient (Wildman–Crippen LogP) is 3.21. The summed E-state index contributed by atoms with van der Waals surface area (Å²) in [5, 5.41) is 4.44. The molecule has 1 fully saturated rings. The van der Waals surface area contributed by atoms with Crippen molar-refractivity contribution in [2.45, 2.75) is 31.6 Å². The smallest absolute Gasteiger partial charge is 0.0506 e. The van der Waals surface area contributed by atoms with E-state index in [-0.39, 0.29) is 0 Å². The first-order chi connectivity index (χ1) is 6.75. The Labute approximate surface area is 94.3 Å². The van der Waals surface area contributed by atoms with Crippen LogP contribution in [0.4, 0.5) is 0 Å². The monoisotopic (exact) mass is 227 g/mol. The van der Waals surface area contributed by atoms with Crippen molar-refractivity contribution in [1.29, 1.82) is 0 Å². The molecule has 1 N–H and O–H groups in total. The fourth-order valence-electron chi connectivity index (χ4n) is 1.69. The summed E-state index contributed by atoms with van der Waals surface area (Å²) < 4.78 is 0. The first-order valence-corrected chi connectivity index (χ1v) is 7.03. The number of thioether (sulfide) groups is 1. The van der Waals surface area contributed by atoms with Crippen LogP contribution in [0.15, 0.2) is 12.1 Å². The van der Waals surface area contributed by atoms with E-state index >= 15 is 0 Å². The third kappa shape index (κ3) is 2.53. The van der Waals surface area contributed by atoms with Gasteiger partial charge in [-0.05, 0) is 32.0 Å². The molecular weight excluding hydrogens is 210 g/mol. The van der Waals surface area contributed by atoms with Gasteiger partial charge in [0.05, 0.1) is 6.04 Å². The molecule has 14 heavy (non-hydrogen) atoms. The number of aryl methyl sites for hydroxylation is 1. The maximum Gasteiger partial charge on any atom is 0.0506 e. The largest absolute Gasteiger partial charge is 0.309 e. The highest BCUT2D eigenvalue weighted by atomic mass is 32.2. The van der Waals surface area contributed by atoms with Gasteiger partial charge in [0.2, 0.25) is 0 Å². The lowest BCUT2D eigenvalue weighted by molar-refractivity contribution is 0.586. The van der Waals surface area contributed by atoms with E-state index < -0.39 is 0 Å². The van der Waals surface area contributed by atoms with Gasteiger partial charge in [-0.1, -0.05) is 6.92 Å². The maximum atomic E-state index is 3.63. The summed E-state index contributed by atoms with van der Waals surface area (Å²) in [6.07, 6.45) is 1.30. The molecule has 1 saturated heterocycles. The highest BCUT2D eigenvalue weighted by Crippen LogP contribution is 2.29. The zero-order chi connectivity index (χ0) is 9.97. The summed E-state index contributed by atoms with van der Waals surface area (Å²) in [6, 6.07) is 5.08. The minimum Gasteiger partial charge on any atom is -0.309 e. The maximum absolute atomic E-state index is 3.63. The highest BCUT2D eigenvalue weighted by molar-refractivity contribution is 7.99. The average Bonchev–Trinajstić information content (AvgIpc) is 2.46. The molecule has 0 bridgehead atoms. The molecule has 1 nitrogen and oxygen atoms in total. The van der Waals surface area contributed by atoms with Gasteiger partial charge in [-0.25, -0.2) is 0 Å². The second kappa shape index (κ2) is 4.69. The van der Waals surface area contributed by atoms with Crippen LogP contribution in [0.3, 0.4) is 0 Å². The molecule has 78 valence electrons. The Balaban J connectivity index is 2.04. The molecule has 0 aliphatic carbocycles. The Hall–Kier alpha value is 0.01000. The number of hydrogen-bond acceptors (Lipinski definition) is 3. The fraction of sp³-hybridized carbons (Fsp3) is 0.636. The molecule has 2 unspecified atom stereocenters. The van der Waals surface area contributed by atoms with Crippen molar-refractivity contribution in [2.24, 2.45) is 0 Å². The predicted molar refractivity (Wildman–Crippen MR) is 66.3 cm³/mol. The molecule has 3 heteroatoms. The lowest BCUT2D eigenvalue weighted by Crippen LogP contribution is -2.21. The number of nitrogens with one attached hydrogen (secondary N) is 1. The van der Waals surface area contributed by atoms with Crippen LogP contribution in [0.5, 0.6) is 0 Å². The van der Waals surface area contributed by atoms with Crippen LogP contribution in [0.2, 0.25) is 0 Å². The van der Waals surface area contributed by atoms with Crippen molar-refractivity contribution < 1.29 is 0 Å². The molecule has 2 rings (SSSR count). The Morgan fingerprint density at radius 2 is 2.29 bits per heavy atom. The van der Waals surface area contributed by atoms with E-state index in [9.17, 15) is 0 Å². The zero-order valence-electron chi connectivity index (χ0n) is 8.75. The minimum atomic E-state index is 0.587. The van der Waals surface area contributed by atoms with Gasteiger partial charge in [0.15, 0.2) is 0 Å². The van der Waals surface area contributed by atoms with Gasteiger partial charge in [-0.3, -0.25) is 0 Å². The Morgan fingerprint density at radius 3 is 3.00 bits per heavy atom. The topological polar surface area (TPSA) is 12.0 Å². The summed E-state index contributed by atoms with van der Waals surface area (Å²) in [6.45, 7) is 5.67. The van der Waals surface area contributed by atoms with Gasteiger partial charge in [-0.2, -0.15) is 11.8 Å². The van der Waals surface area contributed by atoms with Crippen LogP contribution >= 0.6 is 23.1 Å². The van der Waals surface area contributed by atoms with E-state index in [0.29, 0.717) is 6.04 Å². The van der Waals surface area contributed by atoms with Crippen LogP contribution in [0, 0.1) is 6.92 Å². The molecular formula is C11H17NS2. The Morgan fingerprint density at radius 1 is 1.43 bits per heavy atom. The first kappa shape index (κ1) is 10.5. The SMILES string of the molecule is Cc1ccc(C2CSC(C)CCN2)s1. The van der Waals surface area contributed by atoms with Gasteiger partial charge in [-0.15, -0.1) is 11.3 Å². The molecule has 2 heterocycles. The second-order valence-corrected chi connectivity index (χ2v) is 6.68. The molecule has 0 spiro atoms. The number of thiophene rings is 1. The van der Waals surface area contributed by atoms with Gasteiger partial charge in [0.25, 0.3) is 0 Å². The van der Waals surface area contributed by atoms with Gasteiger partial charge in [0.1, 0.15) is 0 Å². The van der Waals surface area contributed by atoms with Crippen LogP contribution < -0.4 is 5.32 Å². The quantitative estimate of drug-likeness (QED) is 0.790. The summed E-state index contributed by atoms with van der Waals surface area (Å²) in [4.78, 5) is 2.92. The van der Waals surface area contributed by atoms with Gasteiger partial charge >= 0.3 is 0 Å². The summed E-state index contributed by atoms with van der Waals surface area (Å²) >= 11 is 4.02. The molecule has 1 aliphatic rings. The van der Waals surface area contributed by atoms with E-state index in [1.807, 2.05) is 11.3 Å².